The number of ketones is 1. The molecule has 3 heterocycles. The van der Waals surface area contributed by atoms with Crippen molar-refractivity contribution in [2.24, 2.45) is 34.5 Å². The van der Waals surface area contributed by atoms with E-state index in [1.165, 1.54) is 24.3 Å². The van der Waals surface area contributed by atoms with Crippen LogP contribution in [0.2, 0.25) is 0 Å². The molecule has 5 fully saturated rings. The molecule has 8 radical (unpaired) electrons. The van der Waals surface area contributed by atoms with Gasteiger partial charge >= 0.3 is 23.9 Å². The van der Waals surface area contributed by atoms with Gasteiger partial charge < -0.3 is 18.9 Å². The van der Waals surface area contributed by atoms with Gasteiger partial charge in [-0.25, -0.2) is 0 Å². The van der Waals surface area contributed by atoms with Gasteiger partial charge in [0.2, 0.25) is 0 Å². The van der Waals surface area contributed by atoms with Gasteiger partial charge in [-0.05, 0) is 183 Å². The normalized spacial score (nSPS) is 25.6. The van der Waals surface area contributed by atoms with Gasteiger partial charge in [0.15, 0.2) is 10.8 Å². The summed E-state index contributed by atoms with van der Waals surface area (Å²) < 4.78 is 22.5. The summed E-state index contributed by atoms with van der Waals surface area (Å²) in [7, 11) is 45.3. The quantitative estimate of drug-likeness (QED) is 0.0733. The minimum atomic E-state index is -1.39. The molecule has 9 rings (SSSR count). The van der Waals surface area contributed by atoms with Crippen LogP contribution >= 0.6 is 232 Å². The van der Waals surface area contributed by atoms with E-state index in [9.17, 15) is 24.0 Å². The maximum absolute atomic E-state index is 13.6. The van der Waals surface area contributed by atoms with Crippen molar-refractivity contribution < 1.29 is 191 Å². The van der Waals surface area contributed by atoms with Crippen LogP contribution in [-0.2, 0) is 182 Å². The van der Waals surface area contributed by atoms with Gasteiger partial charge in [-0.2, -0.15) is 0 Å². The van der Waals surface area contributed by atoms with Crippen LogP contribution in [0.25, 0.3) is 0 Å². The number of hydrogen-bond donors (Lipinski definition) is 0. The van der Waals surface area contributed by atoms with Gasteiger partial charge in [0.25, 0.3) is 0 Å². The molecule has 45 heteroatoms. The molecule has 9 nitrogen and oxygen atoms in total. The Labute approximate surface area is 674 Å². The summed E-state index contributed by atoms with van der Waals surface area (Å²) in [6, 6.07) is 15.0. The third kappa shape index (κ3) is 23.5. The number of para-hydroxylation sites is 2. The van der Waals surface area contributed by atoms with E-state index in [-0.39, 0.29) is 297 Å². The van der Waals surface area contributed by atoms with Crippen LogP contribution < -0.4 is 9.47 Å². The van der Waals surface area contributed by atoms with Gasteiger partial charge in [-0.3, -0.25) is 24.0 Å². The topological polar surface area (TPSA) is 122 Å². The Balaban J connectivity index is 0. The van der Waals surface area contributed by atoms with Crippen LogP contribution in [0.5, 0.6) is 11.5 Å². The summed E-state index contributed by atoms with van der Waals surface area (Å²) in [5.41, 5.74) is -0.800. The fraction of sp³-hybridized carbons (Fsp3) is 0.605. The first-order chi connectivity index (χ1) is 38.0. The maximum Gasteiger partial charge on any atom is 0.329 e. The van der Waals surface area contributed by atoms with Crippen molar-refractivity contribution in [3.8, 4) is 11.5 Å². The SMILES string of the molecule is CCOC(=O)C12C(=O)Oc3ccccc3C1CC(=O)C1CCCCC12.CCOC(=O)C12C(=O)Oc3ccccc3C1CC1(SCCCS1)C1CCCCC12.PP(P)P(P(P)P)P(P(P)P)P(P(P(P)P)P(P)P)P(P(P)P)P(P)P.[V].[V].[V].[V].[V].[V].[V].[V]. The fourth-order valence-corrected chi connectivity index (χ4v) is 351. The van der Waals surface area contributed by atoms with E-state index < -0.39 is 28.7 Å². The molecule has 1 saturated heterocycles. The molecule has 23 unspecified atom stereocenters. The van der Waals surface area contributed by atoms with E-state index in [2.05, 4.69) is 155 Å². The van der Waals surface area contributed by atoms with Gasteiger partial charge in [0, 0.05) is 178 Å². The molecule has 0 amide bonds. The molecule has 1 spiro atoms. The number of ether oxygens (including phenoxy) is 4. The molecule has 3 aliphatic heterocycles. The Bertz CT molecular complexity index is 2500. The zero-order valence-corrected chi connectivity index (χ0v) is 87.9. The van der Waals surface area contributed by atoms with E-state index in [0.717, 1.165) is 56.1 Å². The van der Waals surface area contributed by atoms with Crippen LogP contribution in [0, 0.1) is 34.5 Å². The van der Waals surface area contributed by atoms with E-state index in [1.807, 2.05) is 37.3 Å². The molecule has 0 N–H and O–H groups in total. The molecule has 2 aromatic rings. The fourth-order valence-electron chi connectivity index (χ4n) is 12.8. The van der Waals surface area contributed by atoms with Crippen LogP contribution in [0.4, 0.5) is 0 Å². The van der Waals surface area contributed by atoms with Crippen molar-refractivity contribution in [3.63, 3.8) is 0 Å². The van der Waals surface area contributed by atoms with E-state index in [0.29, 0.717) is 23.8 Å². The first kappa shape index (κ1) is 103. The minimum Gasteiger partial charge on any atom is -0.465 e. The summed E-state index contributed by atoms with van der Waals surface area (Å²) in [4.78, 5) is 66.3. The monoisotopic (exact) mass is 2020 g/mol. The molecule has 0 bridgehead atoms. The Morgan fingerprint density at radius 3 is 1.24 bits per heavy atom. The molecule has 2 aromatic carbocycles. The Morgan fingerprint density at radius 2 is 0.830 bits per heavy atom. The zero-order valence-electron chi connectivity index (χ0n) is 48.2. The second kappa shape index (κ2) is 48.9. The third-order valence-electron chi connectivity index (χ3n) is 15.6. The Hall–Kier alpha value is 12.5. The molecular weight excluding hydrogens is 1940 g/mol. The smallest absolute Gasteiger partial charge is 0.329 e. The van der Waals surface area contributed by atoms with E-state index in [4.69, 9.17) is 18.9 Å². The molecular formula is C43H78O9P26S2V8. The van der Waals surface area contributed by atoms with Gasteiger partial charge in [-0.1, -0.05) is 62.1 Å². The number of carbonyl (C=O) groups is 5. The van der Waals surface area contributed by atoms with Crippen LogP contribution in [0.1, 0.15) is 107 Å². The minimum absolute atomic E-state index is 0. The van der Waals surface area contributed by atoms with Crippen molar-refractivity contribution in [2.75, 3.05) is 24.7 Å². The van der Waals surface area contributed by atoms with Crippen molar-refractivity contribution in [3.05, 3.63) is 59.7 Å². The second-order valence-corrected chi connectivity index (χ2v) is 127. The van der Waals surface area contributed by atoms with Crippen LogP contribution in [0.3, 0.4) is 0 Å². The Kier molecular flexibility index (Phi) is 57.1. The zero-order chi connectivity index (χ0) is 58.6. The summed E-state index contributed by atoms with van der Waals surface area (Å²) in [6.07, 6.45) is 9.82. The Morgan fingerprint density at radius 1 is 0.477 bits per heavy atom. The van der Waals surface area contributed by atoms with Crippen molar-refractivity contribution in [1.29, 1.82) is 0 Å². The maximum atomic E-state index is 13.6. The van der Waals surface area contributed by atoms with Gasteiger partial charge in [-0.15, -0.1) is 149 Å². The van der Waals surface area contributed by atoms with Gasteiger partial charge in [0.05, 0.1) is 17.3 Å². The molecule has 88 heavy (non-hydrogen) atoms. The number of esters is 4. The molecule has 4 aliphatic carbocycles. The molecule has 486 valence electrons. The number of rotatable bonds is 15. The van der Waals surface area contributed by atoms with E-state index in [1.54, 1.807) is 19.1 Å². The average molecular weight is 2020 g/mol. The van der Waals surface area contributed by atoms with Crippen molar-refractivity contribution in [1.82, 2.24) is 0 Å². The third-order valence-corrected chi connectivity index (χ3v) is 186. The first-order valence-electron chi connectivity index (χ1n) is 25.8. The summed E-state index contributed by atoms with van der Waals surface area (Å²) in [5, 5.41) is 0. The number of fused-ring (bicyclic) bond motifs is 11. The average Bonchev–Trinajstić information content (AvgIpc) is 0.709. The standard InChI is InChI=1S/C23H28O4S2.C20H22O5.H28P26.8V/c1-2-26-20(24)23-17-10-5-4-9-16(17)22(28-12-7-13-29-22)14-18(23)15-8-3-6-11-19(15)27-21(23)25;1-2-24-18(22)20-14-9-5-3-7-12(14)16(21)11-15(20)13-8-4-6-10-17(13)25-19(20)23;1-15(2)22(16(3)4)25(21(13)14)26(23(17(5)6)18(7)8)24(19(9)10)20(11)12;;;;;;;;/h3,6,8,11,16-18H,2,4-5,7,9-10,12-14H2,1H3;4,6,8,10,12,14-15H,2-3,5,7,9,11H2,1H3;1-14H2;;;;;;;;. The van der Waals surface area contributed by atoms with Crippen LogP contribution in [0.15, 0.2) is 48.5 Å². The number of benzene rings is 2. The van der Waals surface area contributed by atoms with Crippen LogP contribution in [-0.4, -0.2) is 58.5 Å². The molecule has 23 atom stereocenters. The predicted molar refractivity (Wildman–Crippen MR) is 424 cm³/mol. The number of thioether (sulfide) groups is 2. The summed E-state index contributed by atoms with van der Waals surface area (Å²) in [6.45, 7) is 4.25. The number of carbonyl (C=O) groups excluding carboxylic acids is 5. The van der Waals surface area contributed by atoms with Crippen molar-refractivity contribution in [2.45, 2.75) is 100 Å². The molecule has 0 aromatic heterocycles. The summed E-state index contributed by atoms with van der Waals surface area (Å²) >= 11 is 4.17. The predicted octanol–water partition coefficient (Wildman–Crippen LogP) is 22.9. The first-order valence-corrected chi connectivity index (χ1v) is 74.3. The van der Waals surface area contributed by atoms with Gasteiger partial charge in [0.1, 0.15) is 17.3 Å². The molecule has 7 aliphatic rings. The second-order valence-electron chi connectivity index (χ2n) is 19.9. The van der Waals surface area contributed by atoms with Crippen molar-refractivity contribution >= 4 is 262 Å². The number of Topliss-reactive ketones (excluding diaryl/α,β-unsaturated/α-hetero) is 1. The summed E-state index contributed by atoms with van der Waals surface area (Å²) in [5.74, 6) is 0.895. The van der Waals surface area contributed by atoms with E-state index >= 15 is 0 Å². The largest absolute Gasteiger partial charge is 0.465 e. The number of hydrogen-bond acceptors (Lipinski definition) is 11. The molecule has 4 saturated carbocycles.